The molecule has 0 aromatic carbocycles. The van der Waals surface area contributed by atoms with Crippen molar-refractivity contribution in [1.29, 1.82) is 0 Å². The molecule has 2 aliphatic heterocycles. The zero-order valence-corrected chi connectivity index (χ0v) is 14.5. The SMILES string of the molecule is CCCCCCCCC/C=C/C1C[C@@H]2C=CCO[P@@](=O)(O1)O2. The molecule has 2 heterocycles. The minimum absolute atomic E-state index is 0.157. The molecule has 1 unspecified atom stereocenters. The molecule has 2 aliphatic rings. The molecule has 4 nitrogen and oxygen atoms in total. The van der Waals surface area contributed by atoms with Gasteiger partial charge in [-0.1, -0.05) is 69.8 Å². The highest BCUT2D eigenvalue weighted by atomic mass is 31.2. The zero-order chi connectivity index (χ0) is 15.7. The molecule has 126 valence electrons. The lowest BCUT2D eigenvalue weighted by Gasteiger charge is -2.29. The van der Waals surface area contributed by atoms with E-state index in [1.807, 2.05) is 18.2 Å². The van der Waals surface area contributed by atoms with Crippen LogP contribution in [0.1, 0.15) is 64.7 Å². The van der Waals surface area contributed by atoms with Crippen LogP contribution in [0.4, 0.5) is 0 Å². The number of hydrogen-bond donors (Lipinski definition) is 0. The highest BCUT2D eigenvalue weighted by Gasteiger charge is 2.39. The largest absolute Gasteiger partial charge is 0.476 e. The summed E-state index contributed by atoms with van der Waals surface area (Å²) in [6, 6.07) is 0. The Bertz CT molecular complexity index is 419. The molecule has 2 rings (SSSR count). The Kier molecular flexibility index (Phi) is 7.88. The second-order valence-corrected chi connectivity index (χ2v) is 7.61. The summed E-state index contributed by atoms with van der Waals surface area (Å²) >= 11 is 0. The normalized spacial score (nSPS) is 31.5. The van der Waals surface area contributed by atoms with Gasteiger partial charge in [-0.15, -0.1) is 0 Å². The van der Waals surface area contributed by atoms with E-state index < -0.39 is 7.82 Å². The summed E-state index contributed by atoms with van der Waals surface area (Å²) in [4.78, 5) is 0. The number of fused-ring (bicyclic) bond motifs is 2. The van der Waals surface area contributed by atoms with Gasteiger partial charge < -0.3 is 0 Å². The fourth-order valence-electron chi connectivity index (χ4n) is 2.77. The average Bonchev–Trinajstić information content (AvgIpc) is 2.63. The van der Waals surface area contributed by atoms with Crippen molar-refractivity contribution in [2.45, 2.75) is 76.9 Å². The van der Waals surface area contributed by atoms with Crippen molar-refractivity contribution in [3.8, 4) is 0 Å². The molecule has 0 amide bonds. The van der Waals surface area contributed by atoms with Crippen molar-refractivity contribution in [2.24, 2.45) is 0 Å². The van der Waals surface area contributed by atoms with Gasteiger partial charge in [0.25, 0.3) is 0 Å². The molecule has 0 N–H and O–H groups in total. The minimum atomic E-state index is -3.35. The molecule has 5 heteroatoms. The second-order valence-electron chi connectivity index (χ2n) is 6.03. The molecule has 22 heavy (non-hydrogen) atoms. The van der Waals surface area contributed by atoms with Crippen molar-refractivity contribution in [3.63, 3.8) is 0 Å². The lowest BCUT2D eigenvalue weighted by molar-refractivity contribution is 0.0315. The molecule has 0 spiro atoms. The van der Waals surface area contributed by atoms with Crippen LogP contribution in [0, 0.1) is 0 Å². The fourth-order valence-corrected chi connectivity index (χ4v) is 4.18. The standard InChI is InChI=1S/C17H29O4P/c1-2-3-4-5-6-7-8-9-10-12-16-15-17-13-11-14-19-22(18,20-16)21-17/h10-13,16-17H,2-9,14-15H2,1H3/b12-10+/t16?,17-,22-/m0/s1. The van der Waals surface area contributed by atoms with E-state index in [9.17, 15) is 4.57 Å². The first-order valence-corrected chi connectivity index (χ1v) is 10.1. The van der Waals surface area contributed by atoms with Crippen LogP contribution in [0.5, 0.6) is 0 Å². The molecule has 0 aromatic heterocycles. The molecule has 1 saturated heterocycles. The predicted molar refractivity (Wildman–Crippen MR) is 88.8 cm³/mol. The van der Waals surface area contributed by atoms with Gasteiger partial charge in [-0.25, -0.2) is 4.57 Å². The molecule has 0 aromatic rings. The molecule has 2 bridgehead atoms. The maximum atomic E-state index is 12.2. The van der Waals surface area contributed by atoms with E-state index in [0.29, 0.717) is 13.0 Å². The fraction of sp³-hybridized carbons (Fsp3) is 0.765. The van der Waals surface area contributed by atoms with Crippen molar-refractivity contribution in [3.05, 3.63) is 24.3 Å². The van der Waals surface area contributed by atoms with Crippen LogP contribution in [-0.4, -0.2) is 18.8 Å². The lowest BCUT2D eigenvalue weighted by atomic mass is 10.1. The van der Waals surface area contributed by atoms with E-state index in [2.05, 4.69) is 13.0 Å². The Balaban J connectivity index is 1.62. The van der Waals surface area contributed by atoms with E-state index in [1.54, 1.807) is 0 Å². The average molecular weight is 328 g/mol. The van der Waals surface area contributed by atoms with Crippen LogP contribution in [0.25, 0.3) is 0 Å². The monoisotopic (exact) mass is 328 g/mol. The predicted octanol–water partition coefficient (Wildman–Crippen LogP) is 5.55. The Labute approximate surface area is 134 Å². The summed E-state index contributed by atoms with van der Waals surface area (Å²) in [6.45, 7) is 2.54. The van der Waals surface area contributed by atoms with E-state index in [1.165, 1.54) is 44.9 Å². The Hall–Kier alpha value is -0.410. The van der Waals surface area contributed by atoms with Gasteiger partial charge in [-0.2, -0.15) is 0 Å². The van der Waals surface area contributed by atoms with Crippen LogP contribution in [0.15, 0.2) is 24.3 Å². The van der Waals surface area contributed by atoms with Crippen LogP contribution < -0.4 is 0 Å². The van der Waals surface area contributed by atoms with E-state index in [0.717, 1.165) is 6.42 Å². The number of phosphoric acid groups is 1. The molecule has 3 atom stereocenters. The van der Waals surface area contributed by atoms with Crippen LogP contribution in [0.2, 0.25) is 0 Å². The van der Waals surface area contributed by atoms with Gasteiger partial charge in [0.1, 0.15) is 0 Å². The highest BCUT2D eigenvalue weighted by Crippen LogP contribution is 2.56. The summed E-state index contributed by atoms with van der Waals surface area (Å²) < 4.78 is 28.2. The summed E-state index contributed by atoms with van der Waals surface area (Å²) in [5.74, 6) is 0. The third-order valence-corrected chi connectivity index (χ3v) is 5.52. The number of allylic oxidation sites excluding steroid dienone is 1. The molecule has 0 radical (unpaired) electrons. The molecular weight excluding hydrogens is 299 g/mol. The van der Waals surface area contributed by atoms with Crippen LogP contribution >= 0.6 is 7.82 Å². The minimum Gasteiger partial charge on any atom is -0.283 e. The first-order chi connectivity index (χ1) is 10.7. The summed E-state index contributed by atoms with van der Waals surface area (Å²) in [7, 11) is -3.35. The number of rotatable bonds is 9. The van der Waals surface area contributed by atoms with Gasteiger partial charge in [0.2, 0.25) is 0 Å². The molecule has 0 aliphatic carbocycles. The number of hydrogen-bond acceptors (Lipinski definition) is 4. The van der Waals surface area contributed by atoms with Crippen molar-refractivity contribution in [2.75, 3.05) is 6.61 Å². The first-order valence-electron chi connectivity index (χ1n) is 8.66. The van der Waals surface area contributed by atoms with Crippen LogP contribution in [0.3, 0.4) is 0 Å². The summed E-state index contributed by atoms with van der Waals surface area (Å²) in [5.41, 5.74) is 0. The Morgan fingerprint density at radius 1 is 1.14 bits per heavy atom. The molecule has 0 saturated carbocycles. The van der Waals surface area contributed by atoms with E-state index in [4.69, 9.17) is 13.6 Å². The zero-order valence-electron chi connectivity index (χ0n) is 13.6. The number of unbranched alkanes of at least 4 members (excludes halogenated alkanes) is 7. The highest BCUT2D eigenvalue weighted by molar-refractivity contribution is 7.48. The van der Waals surface area contributed by atoms with Gasteiger partial charge in [0.15, 0.2) is 0 Å². The molecular formula is C17H29O4P. The van der Waals surface area contributed by atoms with Gasteiger partial charge >= 0.3 is 7.82 Å². The second kappa shape index (κ2) is 9.67. The van der Waals surface area contributed by atoms with Gasteiger partial charge in [-0.05, 0) is 12.8 Å². The van der Waals surface area contributed by atoms with Gasteiger partial charge in [0, 0.05) is 6.42 Å². The first kappa shape index (κ1) is 17.9. The quantitative estimate of drug-likeness (QED) is 0.316. The Morgan fingerprint density at radius 3 is 2.73 bits per heavy atom. The third kappa shape index (κ3) is 6.37. The van der Waals surface area contributed by atoms with E-state index in [-0.39, 0.29) is 12.2 Å². The van der Waals surface area contributed by atoms with Crippen molar-refractivity contribution >= 4 is 7.82 Å². The summed E-state index contributed by atoms with van der Waals surface area (Å²) in [6.07, 6.45) is 18.6. The summed E-state index contributed by atoms with van der Waals surface area (Å²) in [5, 5.41) is 0. The maximum Gasteiger partial charge on any atom is 0.476 e. The smallest absolute Gasteiger partial charge is 0.283 e. The molecule has 1 fully saturated rings. The lowest BCUT2D eigenvalue weighted by Crippen LogP contribution is -2.25. The van der Waals surface area contributed by atoms with Crippen molar-refractivity contribution < 1.29 is 18.1 Å². The van der Waals surface area contributed by atoms with E-state index >= 15 is 0 Å². The van der Waals surface area contributed by atoms with Gasteiger partial charge in [0.05, 0.1) is 18.8 Å². The Morgan fingerprint density at radius 2 is 1.91 bits per heavy atom. The number of phosphoric ester groups is 1. The topological polar surface area (TPSA) is 44.8 Å². The van der Waals surface area contributed by atoms with Crippen molar-refractivity contribution in [1.82, 2.24) is 0 Å². The third-order valence-electron chi connectivity index (χ3n) is 4.00. The van der Waals surface area contributed by atoms with Gasteiger partial charge in [-0.3, -0.25) is 13.6 Å². The maximum absolute atomic E-state index is 12.2. The van der Waals surface area contributed by atoms with Crippen LogP contribution in [-0.2, 0) is 18.1 Å².